The molecule has 0 aliphatic heterocycles. The number of carbonyl (C=O) groups excluding carboxylic acids is 1. The minimum Gasteiger partial charge on any atom is -0.365 e. The van der Waals surface area contributed by atoms with E-state index in [1.165, 1.54) is 0 Å². The highest BCUT2D eigenvalue weighted by atomic mass is 16.2. The van der Waals surface area contributed by atoms with Gasteiger partial charge in [-0.05, 0) is 38.0 Å². The van der Waals surface area contributed by atoms with Gasteiger partial charge in [0.2, 0.25) is 5.91 Å². The Labute approximate surface area is 109 Å². The SMILES string of the molecule is Cc1cc(CN)ccc1N(C)CC(=O)NC(C)C. The summed E-state index contributed by atoms with van der Waals surface area (Å²) in [5.74, 6) is 0.0369. The van der Waals surface area contributed by atoms with E-state index in [9.17, 15) is 4.79 Å². The second-order valence-corrected chi connectivity index (χ2v) is 4.90. The molecule has 3 N–H and O–H groups in total. The Hall–Kier alpha value is -1.55. The molecule has 0 unspecified atom stereocenters. The summed E-state index contributed by atoms with van der Waals surface area (Å²) in [6.45, 7) is 6.85. The summed E-state index contributed by atoms with van der Waals surface area (Å²) >= 11 is 0. The number of anilines is 1. The molecule has 0 saturated heterocycles. The van der Waals surface area contributed by atoms with Crippen LogP contribution < -0.4 is 16.0 Å². The van der Waals surface area contributed by atoms with Gasteiger partial charge < -0.3 is 16.0 Å². The van der Waals surface area contributed by atoms with E-state index >= 15 is 0 Å². The average molecular weight is 249 g/mol. The summed E-state index contributed by atoms with van der Waals surface area (Å²) in [6, 6.07) is 6.25. The first kappa shape index (κ1) is 14.5. The van der Waals surface area contributed by atoms with Crippen molar-refractivity contribution < 1.29 is 4.79 Å². The third kappa shape index (κ3) is 4.04. The third-order valence-electron chi connectivity index (χ3n) is 2.74. The molecule has 0 radical (unpaired) electrons. The summed E-state index contributed by atoms with van der Waals surface area (Å²) < 4.78 is 0. The van der Waals surface area contributed by atoms with Crippen LogP contribution in [0.4, 0.5) is 5.69 Å². The lowest BCUT2D eigenvalue weighted by molar-refractivity contribution is -0.120. The zero-order chi connectivity index (χ0) is 13.7. The Morgan fingerprint density at radius 2 is 2.11 bits per heavy atom. The van der Waals surface area contributed by atoms with Crippen LogP contribution in [0.1, 0.15) is 25.0 Å². The average Bonchev–Trinajstić information content (AvgIpc) is 2.27. The first-order valence-electron chi connectivity index (χ1n) is 6.24. The first-order chi connectivity index (χ1) is 8.43. The van der Waals surface area contributed by atoms with Gasteiger partial charge in [-0.2, -0.15) is 0 Å². The summed E-state index contributed by atoms with van der Waals surface area (Å²) in [6.07, 6.45) is 0. The van der Waals surface area contributed by atoms with E-state index in [1.54, 1.807) is 0 Å². The van der Waals surface area contributed by atoms with Gasteiger partial charge in [-0.25, -0.2) is 0 Å². The molecule has 1 amide bonds. The van der Waals surface area contributed by atoms with Crippen molar-refractivity contribution in [2.45, 2.75) is 33.4 Å². The predicted octanol–water partition coefficient (Wildman–Crippen LogP) is 1.41. The third-order valence-corrected chi connectivity index (χ3v) is 2.74. The number of hydrogen-bond donors (Lipinski definition) is 2. The Kier molecular flexibility index (Phi) is 5.16. The van der Waals surface area contributed by atoms with Crippen LogP contribution in [0.3, 0.4) is 0 Å². The minimum atomic E-state index is 0.0369. The van der Waals surface area contributed by atoms with Crippen LogP contribution in [-0.4, -0.2) is 25.5 Å². The van der Waals surface area contributed by atoms with Crippen molar-refractivity contribution in [2.24, 2.45) is 5.73 Å². The highest BCUT2D eigenvalue weighted by Gasteiger charge is 2.10. The van der Waals surface area contributed by atoms with E-state index in [-0.39, 0.29) is 11.9 Å². The second kappa shape index (κ2) is 6.40. The molecule has 0 bridgehead atoms. The molecule has 0 heterocycles. The summed E-state index contributed by atoms with van der Waals surface area (Å²) in [7, 11) is 1.92. The lowest BCUT2D eigenvalue weighted by Gasteiger charge is -2.22. The maximum atomic E-state index is 11.7. The summed E-state index contributed by atoms with van der Waals surface area (Å²) in [5.41, 5.74) is 8.91. The Bertz CT molecular complexity index is 416. The molecule has 0 fully saturated rings. The fourth-order valence-electron chi connectivity index (χ4n) is 1.94. The lowest BCUT2D eigenvalue weighted by Crippen LogP contribution is -2.38. The molecule has 4 heteroatoms. The van der Waals surface area contributed by atoms with Gasteiger partial charge in [0.1, 0.15) is 0 Å². The highest BCUT2D eigenvalue weighted by Crippen LogP contribution is 2.19. The number of carbonyl (C=O) groups is 1. The molecule has 0 aromatic heterocycles. The normalized spacial score (nSPS) is 10.6. The number of benzene rings is 1. The number of rotatable bonds is 5. The van der Waals surface area contributed by atoms with Gasteiger partial charge >= 0.3 is 0 Å². The van der Waals surface area contributed by atoms with Crippen molar-refractivity contribution in [3.8, 4) is 0 Å². The topological polar surface area (TPSA) is 58.4 Å². The molecule has 1 rings (SSSR count). The standard InChI is InChI=1S/C14H23N3O/c1-10(2)16-14(18)9-17(4)13-6-5-12(8-15)7-11(13)3/h5-7,10H,8-9,15H2,1-4H3,(H,16,18). The monoisotopic (exact) mass is 249 g/mol. The molecule has 1 aromatic carbocycles. The minimum absolute atomic E-state index is 0.0369. The Morgan fingerprint density at radius 1 is 1.44 bits per heavy atom. The van der Waals surface area contributed by atoms with Gasteiger partial charge in [0.25, 0.3) is 0 Å². The van der Waals surface area contributed by atoms with Crippen molar-refractivity contribution in [3.63, 3.8) is 0 Å². The molecule has 18 heavy (non-hydrogen) atoms. The van der Waals surface area contributed by atoms with E-state index < -0.39 is 0 Å². The highest BCUT2D eigenvalue weighted by molar-refractivity contribution is 5.81. The van der Waals surface area contributed by atoms with E-state index in [4.69, 9.17) is 5.73 Å². The quantitative estimate of drug-likeness (QED) is 0.829. The van der Waals surface area contributed by atoms with Gasteiger partial charge in [0.05, 0.1) is 6.54 Å². The van der Waals surface area contributed by atoms with Crippen LogP contribution in [0, 0.1) is 6.92 Å². The maximum Gasteiger partial charge on any atom is 0.239 e. The van der Waals surface area contributed by atoms with Crippen LogP contribution in [-0.2, 0) is 11.3 Å². The number of aryl methyl sites for hydroxylation is 1. The predicted molar refractivity (Wildman–Crippen MR) is 75.6 cm³/mol. The molecule has 0 spiro atoms. The Morgan fingerprint density at radius 3 is 2.61 bits per heavy atom. The van der Waals surface area contributed by atoms with Crippen LogP contribution in [0.15, 0.2) is 18.2 Å². The summed E-state index contributed by atoms with van der Waals surface area (Å²) in [5, 5.41) is 2.88. The van der Waals surface area contributed by atoms with Crippen LogP contribution in [0.25, 0.3) is 0 Å². The molecule has 1 aromatic rings. The maximum absolute atomic E-state index is 11.7. The molecular weight excluding hydrogens is 226 g/mol. The zero-order valence-electron chi connectivity index (χ0n) is 11.7. The van der Waals surface area contributed by atoms with Crippen molar-refractivity contribution in [2.75, 3.05) is 18.5 Å². The van der Waals surface area contributed by atoms with Crippen molar-refractivity contribution in [3.05, 3.63) is 29.3 Å². The lowest BCUT2D eigenvalue weighted by atomic mass is 10.1. The van der Waals surface area contributed by atoms with Gasteiger partial charge in [0, 0.05) is 25.3 Å². The van der Waals surface area contributed by atoms with E-state index in [1.807, 2.05) is 44.9 Å². The molecule has 100 valence electrons. The fourth-order valence-corrected chi connectivity index (χ4v) is 1.94. The van der Waals surface area contributed by atoms with Crippen molar-refractivity contribution >= 4 is 11.6 Å². The fraction of sp³-hybridized carbons (Fsp3) is 0.500. The zero-order valence-corrected chi connectivity index (χ0v) is 11.7. The molecule has 0 aliphatic carbocycles. The van der Waals surface area contributed by atoms with Crippen LogP contribution >= 0.6 is 0 Å². The van der Waals surface area contributed by atoms with E-state index in [0.717, 1.165) is 16.8 Å². The Balaban J connectivity index is 2.72. The van der Waals surface area contributed by atoms with Crippen LogP contribution in [0.2, 0.25) is 0 Å². The van der Waals surface area contributed by atoms with Crippen molar-refractivity contribution in [1.29, 1.82) is 0 Å². The van der Waals surface area contributed by atoms with Gasteiger partial charge in [-0.1, -0.05) is 12.1 Å². The summed E-state index contributed by atoms with van der Waals surface area (Å²) in [4.78, 5) is 13.7. The molecular formula is C14H23N3O. The number of nitrogens with one attached hydrogen (secondary N) is 1. The van der Waals surface area contributed by atoms with E-state index in [0.29, 0.717) is 13.1 Å². The van der Waals surface area contributed by atoms with Gasteiger partial charge in [-0.3, -0.25) is 4.79 Å². The van der Waals surface area contributed by atoms with Gasteiger partial charge in [0.15, 0.2) is 0 Å². The number of amides is 1. The van der Waals surface area contributed by atoms with Crippen LogP contribution in [0.5, 0.6) is 0 Å². The second-order valence-electron chi connectivity index (χ2n) is 4.90. The van der Waals surface area contributed by atoms with Gasteiger partial charge in [-0.15, -0.1) is 0 Å². The van der Waals surface area contributed by atoms with Crippen molar-refractivity contribution in [1.82, 2.24) is 5.32 Å². The molecule has 4 nitrogen and oxygen atoms in total. The van der Waals surface area contributed by atoms with E-state index in [2.05, 4.69) is 11.4 Å². The molecule has 0 saturated carbocycles. The smallest absolute Gasteiger partial charge is 0.239 e. The number of likely N-dealkylation sites (N-methyl/N-ethyl adjacent to an activating group) is 1. The number of hydrogen-bond acceptors (Lipinski definition) is 3. The number of nitrogens with two attached hydrogens (primary N) is 1. The molecule has 0 atom stereocenters. The number of nitrogens with zero attached hydrogens (tertiary/aromatic N) is 1. The largest absolute Gasteiger partial charge is 0.365 e. The molecule has 0 aliphatic rings. The first-order valence-corrected chi connectivity index (χ1v) is 6.24.